The maximum absolute atomic E-state index is 4.81. The topological polar surface area (TPSA) is 51.6 Å². The minimum Gasteiger partial charge on any atom is -0.304 e. The molecule has 0 spiro atoms. The van der Waals surface area contributed by atoms with Crippen LogP contribution in [0.3, 0.4) is 0 Å². The molecule has 2 heterocycles. The summed E-state index contributed by atoms with van der Waals surface area (Å²) in [6.07, 6.45) is 1.95. The molecule has 5 heteroatoms. The molecule has 4 aromatic rings. The number of nitrogens with zero attached hydrogens (tertiary/aromatic N) is 4. The second-order valence-electron chi connectivity index (χ2n) is 11.3. The number of aromatic nitrogens is 4. The Balaban J connectivity index is 0.00000304. The van der Waals surface area contributed by atoms with E-state index >= 15 is 0 Å². The van der Waals surface area contributed by atoms with Crippen molar-refractivity contribution in [1.82, 2.24) is 19.9 Å². The Hall–Kier alpha value is -2.75. The average Bonchev–Trinajstić information content (AvgIpc) is 2.93. The monoisotopic (exact) mass is 654 g/mol. The standard InChI is InChI=1S/C31H33N4.Ir/c1-19-33-20(2)35-28(34-19)22-11-9-21(10-12-22)24-14-16-27(32-18-24)23-13-15-25-26(17-23)30(5,6)31(7,8)29(25,3)4;/h9-12,14-18H,1-8H3;/q-1;. The van der Waals surface area contributed by atoms with Crippen LogP contribution >= 0.6 is 0 Å². The van der Waals surface area contributed by atoms with Crippen LogP contribution in [0.1, 0.15) is 64.3 Å². The van der Waals surface area contributed by atoms with Gasteiger partial charge in [-0.15, -0.1) is 34.9 Å². The van der Waals surface area contributed by atoms with Crippen LogP contribution in [0.5, 0.6) is 0 Å². The Morgan fingerprint density at radius 2 is 1.22 bits per heavy atom. The van der Waals surface area contributed by atoms with Crippen molar-refractivity contribution in [1.29, 1.82) is 0 Å². The summed E-state index contributed by atoms with van der Waals surface area (Å²) in [5.74, 6) is 2.17. The summed E-state index contributed by atoms with van der Waals surface area (Å²) >= 11 is 0. The fourth-order valence-electron chi connectivity index (χ4n) is 5.41. The third-order valence-electron chi connectivity index (χ3n) is 8.80. The average molecular weight is 654 g/mol. The van der Waals surface area contributed by atoms with Gasteiger partial charge in [-0.3, -0.25) is 0 Å². The molecule has 1 aliphatic rings. The van der Waals surface area contributed by atoms with Gasteiger partial charge < -0.3 is 4.98 Å². The number of pyridine rings is 1. The van der Waals surface area contributed by atoms with E-state index in [-0.39, 0.29) is 36.4 Å². The van der Waals surface area contributed by atoms with Crippen LogP contribution in [0, 0.1) is 25.3 Å². The number of benzene rings is 2. The normalized spacial score (nSPS) is 16.8. The SMILES string of the molecule is Cc1nc(C)nc(-c2ccc(-c3ccc(-c4[c-]cc5c(c4)C(C)(C)C(C)(C)C5(C)C)nc3)cc2)n1.[Ir]. The van der Waals surface area contributed by atoms with Gasteiger partial charge in [0, 0.05) is 31.9 Å². The van der Waals surface area contributed by atoms with Crippen molar-refractivity contribution < 1.29 is 20.1 Å². The Labute approximate surface area is 228 Å². The van der Waals surface area contributed by atoms with Gasteiger partial charge in [-0.1, -0.05) is 77.9 Å². The summed E-state index contributed by atoms with van der Waals surface area (Å²) in [6.45, 7) is 18.0. The number of hydrogen-bond donors (Lipinski definition) is 0. The van der Waals surface area contributed by atoms with Gasteiger partial charge in [0.15, 0.2) is 5.82 Å². The van der Waals surface area contributed by atoms with E-state index < -0.39 is 0 Å². The van der Waals surface area contributed by atoms with Gasteiger partial charge in [-0.2, -0.15) is 0 Å². The van der Waals surface area contributed by atoms with Gasteiger partial charge in [0.1, 0.15) is 11.6 Å². The smallest absolute Gasteiger partial charge is 0.163 e. The zero-order chi connectivity index (χ0) is 25.2. The molecule has 1 aliphatic carbocycles. The molecule has 0 bridgehead atoms. The fourth-order valence-corrected chi connectivity index (χ4v) is 5.41. The van der Waals surface area contributed by atoms with E-state index in [0.717, 1.165) is 39.6 Å². The largest absolute Gasteiger partial charge is 0.304 e. The van der Waals surface area contributed by atoms with E-state index in [2.05, 4.69) is 111 Å². The Bertz CT molecular complexity index is 1400. The predicted octanol–water partition coefficient (Wildman–Crippen LogP) is 7.28. The first-order chi connectivity index (χ1) is 16.4. The van der Waals surface area contributed by atoms with Crippen molar-refractivity contribution in [2.45, 2.75) is 66.2 Å². The van der Waals surface area contributed by atoms with Gasteiger partial charge >= 0.3 is 0 Å². The number of fused-ring (bicyclic) bond motifs is 1. The maximum atomic E-state index is 4.81. The summed E-state index contributed by atoms with van der Waals surface area (Å²) in [5.41, 5.74) is 8.25. The summed E-state index contributed by atoms with van der Waals surface area (Å²) in [6, 6.07) is 20.5. The second-order valence-corrected chi connectivity index (χ2v) is 11.3. The molecule has 0 aliphatic heterocycles. The molecule has 4 nitrogen and oxygen atoms in total. The van der Waals surface area contributed by atoms with E-state index in [1.807, 2.05) is 20.0 Å². The van der Waals surface area contributed by atoms with Crippen LogP contribution in [0.25, 0.3) is 33.8 Å². The van der Waals surface area contributed by atoms with E-state index in [9.17, 15) is 0 Å². The molecule has 0 saturated heterocycles. The third-order valence-corrected chi connectivity index (χ3v) is 8.80. The summed E-state index contributed by atoms with van der Waals surface area (Å²) < 4.78 is 0. The van der Waals surface area contributed by atoms with E-state index in [1.54, 1.807) is 0 Å². The van der Waals surface area contributed by atoms with Gasteiger partial charge in [0.25, 0.3) is 0 Å². The minimum atomic E-state index is 0. The molecule has 36 heavy (non-hydrogen) atoms. The van der Waals surface area contributed by atoms with Gasteiger partial charge in [0.05, 0.1) is 0 Å². The molecular weight excluding hydrogens is 621 g/mol. The van der Waals surface area contributed by atoms with E-state index in [0.29, 0.717) is 5.82 Å². The van der Waals surface area contributed by atoms with Gasteiger partial charge in [-0.25, -0.2) is 15.0 Å². The minimum absolute atomic E-state index is 0. The van der Waals surface area contributed by atoms with Crippen LogP contribution in [0.15, 0.2) is 54.7 Å². The molecule has 0 unspecified atom stereocenters. The molecule has 0 fully saturated rings. The van der Waals surface area contributed by atoms with Crippen LogP contribution in [0.4, 0.5) is 0 Å². The molecule has 0 atom stereocenters. The predicted molar refractivity (Wildman–Crippen MR) is 142 cm³/mol. The second kappa shape index (κ2) is 8.97. The number of hydrogen-bond acceptors (Lipinski definition) is 4. The van der Waals surface area contributed by atoms with Crippen LogP contribution < -0.4 is 0 Å². The molecule has 0 N–H and O–H groups in total. The van der Waals surface area contributed by atoms with Crippen molar-refractivity contribution in [3.05, 3.63) is 83.6 Å². The molecule has 2 aromatic carbocycles. The summed E-state index contributed by atoms with van der Waals surface area (Å²) in [7, 11) is 0. The van der Waals surface area contributed by atoms with Crippen molar-refractivity contribution in [2.75, 3.05) is 0 Å². The van der Waals surface area contributed by atoms with Crippen molar-refractivity contribution in [3.8, 4) is 33.8 Å². The molecule has 0 saturated carbocycles. The molecule has 5 rings (SSSR count). The van der Waals surface area contributed by atoms with Gasteiger partial charge in [0.2, 0.25) is 0 Å². The summed E-state index contributed by atoms with van der Waals surface area (Å²) in [4.78, 5) is 18.0. The molecule has 0 amide bonds. The maximum Gasteiger partial charge on any atom is 0.163 e. The zero-order valence-corrected chi connectivity index (χ0v) is 24.7. The quantitative estimate of drug-likeness (QED) is 0.218. The van der Waals surface area contributed by atoms with Crippen LogP contribution in [-0.4, -0.2) is 19.9 Å². The van der Waals surface area contributed by atoms with Crippen LogP contribution in [0.2, 0.25) is 0 Å². The number of aryl methyl sites for hydroxylation is 2. The van der Waals surface area contributed by atoms with E-state index in [4.69, 9.17) is 4.98 Å². The van der Waals surface area contributed by atoms with Crippen molar-refractivity contribution in [3.63, 3.8) is 0 Å². The first kappa shape index (κ1) is 26.3. The number of rotatable bonds is 3. The van der Waals surface area contributed by atoms with Crippen LogP contribution in [-0.2, 0) is 30.9 Å². The fraction of sp³-hybridized carbons (Fsp3) is 0.355. The van der Waals surface area contributed by atoms with Crippen molar-refractivity contribution >= 4 is 0 Å². The first-order valence-corrected chi connectivity index (χ1v) is 12.2. The summed E-state index contributed by atoms with van der Waals surface area (Å²) in [5, 5.41) is 0. The van der Waals surface area contributed by atoms with E-state index in [1.165, 1.54) is 11.1 Å². The first-order valence-electron chi connectivity index (χ1n) is 12.2. The Morgan fingerprint density at radius 3 is 1.81 bits per heavy atom. The van der Waals surface area contributed by atoms with Crippen molar-refractivity contribution in [2.24, 2.45) is 5.41 Å². The Kier molecular flexibility index (Phi) is 6.56. The molecular formula is C31H33IrN4-. The molecule has 187 valence electrons. The third kappa shape index (κ3) is 4.03. The molecule has 1 radical (unpaired) electrons. The van der Waals surface area contributed by atoms with Gasteiger partial charge in [-0.05, 0) is 46.9 Å². The zero-order valence-electron chi connectivity index (χ0n) is 22.3. The Morgan fingerprint density at radius 1 is 0.667 bits per heavy atom. The molecule has 2 aromatic heterocycles.